The number of nitrogens with zero attached hydrogens (tertiary/aromatic N) is 1. The monoisotopic (exact) mass is 560 g/mol. The van der Waals surface area contributed by atoms with Gasteiger partial charge >= 0.3 is 6.18 Å². The average Bonchev–Trinajstić information content (AvgIpc) is 2.96. The van der Waals surface area contributed by atoms with E-state index in [1.807, 2.05) is 31.2 Å². The maximum atomic E-state index is 13.1. The number of nitrogens with one attached hydrogen (secondary N) is 3. The second-order valence-electron chi connectivity index (χ2n) is 9.29. The van der Waals surface area contributed by atoms with Crippen LogP contribution in [-0.2, 0) is 17.5 Å². The molecule has 3 aromatic carbocycles. The highest BCUT2D eigenvalue weighted by Gasteiger charge is 2.31. The number of Topliss-reactive ketones (excluding diaryl/α,β-unsaturated/α-hetero) is 1. The molecule has 0 aliphatic carbocycles. The number of ether oxygens (including phenoxy) is 1. The molecule has 210 valence electrons. The lowest BCUT2D eigenvalue weighted by atomic mass is 10.0. The Hall–Kier alpha value is -4.99. The second kappa shape index (κ2) is 12.0. The van der Waals surface area contributed by atoms with E-state index in [2.05, 4.69) is 10.6 Å². The molecule has 1 amide bonds. The molecule has 0 aliphatic heterocycles. The number of methoxy groups -OCH3 is 1. The summed E-state index contributed by atoms with van der Waals surface area (Å²) in [5, 5.41) is 14.1. The summed E-state index contributed by atoms with van der Waals surface area (Å²) >= 11 is 0. The molecule has 7 nitrogen and oxygen atoms in total. The highest BCUT2D eigenvalue weighted by Crippen LogP contribution is 2.31. The normalized spacial score (nSPS) is 11.1. The van der Waals surface area contributed by atoms with E-state index in [1.54, 1.807) is 37.4 Å². The largest absolute Gasteiger partial charge is 0.497 e. The lowest BCUT2D eigenvalue weighted by Crippen LogP contribution is -2.15. The lowest BCUT2D eigenvalue weighted by molar-refractivity contribution is -0.137. The lowest BCUT2D eigenvalue weighted by Gasteiger charge is -2.15. The van der Waals surface area contributed by atoms with Gasteiger partial charge in [0.15, 0.2) is 5.78 Å². The Morgan fingerprint density at radius 2 is 1.71 bits per heavy atom. The first-order valence-electron chi connectivity index (χ1n) is 12.5. The Morgan fingerprint density at radius 3 is 2.37 bits per heavy atom. The number of aromatic nitrogens is 1. The van der Waals surface area contributed by atoms with Gasteiger partial charge in [-0.2, -0.15) is 13.2 Å². The van der Waals surface area contributed by atoms with Crippen LogP contribution < -0.4 is 15.4 Å². The van der Waals surface area contributed by atoms with Crippen LogP contribution in [0.4, 0.5) is 24.7 Å². The summed E-state index contributed by atoms with van der Waals surface area (Å²) in [5.74, 6) is -0.0618. The van der Waals surface area contributed by atoms with Crippen molar-refractivity contribution in [2.24, 2.45) is 0 Å². The fourth-order valence-corrected chi connectivity index (χ4v) is 4.08. The van der Waals surface area contributed by atoms with Gasteiger partial charge in [0.25, 0.3) is 5.91 Å². The van der Waals surface area contributed by atoms with E-state index < -0.39 is 23.4 Å². The minimum atomic E-state index is -4.57. The number of alkyl halides is 3. The van der Waals surface area contributed by atoms with Crippen LogP contribution >= 0.6 is 0 Å². The Kier molecular flexibility index (Phi) is 8.51. The number of halogens is 3. The summed E-state index contributed by atoms with van der Waals surface area (Å²) in [5.41, 5.74) is 2.38. The molecule has 1 aromatic heterocycles. The van der Waals surface area contributed by atoms with Crippen molar-refractivity contribution in [3.8, 4) is 17.0 Å². The third-order valence-corrected chi connectivity index (χ3v) is 6.36. The van der Waals surface area contributed by atoms with Crippen molar-refractivity contribution >= 4 is 28.9 Å². The van der Waals surface area contributed by atoms with E-state index >= 15 is 0 Å². The van der Waals surface area contributed by atoms with Gasteiger partial charge in [-0.3, -0.25) is 15.0 Å². The van der Waals surface area contributed by atoms with Gasteiger partial charge in [0.05, 0.1) is 18.4 Å². The molecular weight excluding hydrogens is 533 g/mol. The van der Waals surface area contributed by atoms with E-state index in [0.717, 1.165) is 23.3 Å². The number of aryl methyl sites for hydroxylation is 1. The van der Waals surface area contributed by atoms with Crippen molar-refractivity contribution in [3.63, 3.8) is 0 Å². The van der Waals surface area contributed by atoms with E-state index in [1.165, 1.54) is 19.1 Å². The van der Waals surface area contributed by atoms with Gasteiger partial charge in [0.1, 0.15) is 17.3 Å². The van der Waals surface area contributed by atoms with E-state index in [-0.39, 0.29) is 11.3 Å². The van der Waals surface area contributed by atoms with Gasteiger partial charge in [-0.1, -0.05) is 24.3 Å². The van der Waals surface area contributed by atoms with Crippen LogP contribution in [0.5, 0.6) is 5.75 Å². The van der Waals surface area contributed by atoms with Crippen LogP contribution in [0.15, 0.2) is 78.9 Å². The van der Waals surface area contributed by atoms with Crippen LogP contribution in [0.25, 0.3) is 11.3 Å². The molecule has 0 saturated heterocycles. The fourth-order valence-electron chi connectivity index (χ4n) is 4.08. The number of pyridine rings is 1. The van der Waals surface area contributed by atoms with Gasteiger partial charge in [-0.15, -0.1) is 0 Å². The Labute approximate surface area is 234 Å². The van der Waals surface area contributed by atoms with Crippen molar-refractivity contribution in [1.82, 2.24) is 4.98 Å². The third kappa shape index (κ3) is 6.96. The molecule has 0 bridgehead atoms. The van der Waals surface area contributed by atoms with Crippen molar-refractivity contribution in [2.75, 3.05) is 17.7 Å². The number of carbonyl (C=O) groups excluding carboxylic acids is 2. The summed E-state index contributed by atoms with van der Waals surface area (Å²) in [6.45, 7) is 3.53. The highest BCUT2D eigenvalue weighted by atomic mass is 19.4. The van der Waals surface area contributed by atoms with E-state index in [4.69, 9.17) is 15.1 Å². The van der Waals surface area contributed by atoms with Crippen molar-refractivity contribution in [3.05, 3.63) is 107 Å². The number of benzene rings is 3. The second-order valence-corrected chi connectivity index (χ2v) is 9.29. The first-order valence-corrected chi connectivity index (χ1v) is 12.5. The maximum absolute atomic E-state index is 13.1. The summed E-state index contributed by atoms with van der Waals surface area (Å²) in [6.07, 6.45) is -4.57. The minimum Gasteiger partial charge on any atom is -0.497 e. The first kappa shape index (κ1) is 29.0. The number of rotatable bonds is 9. The molecule has 0 radical (unpaired) electrons. The standard InChI is InChI=1S/C31H27F3N4O3/c1-18-7-10-23(37-30(40)21-5-4-6-22(15-21)31(32,33)34)16-26(18)27-14-13-25(28(35)19(2)39)29(38-27)36-17-20-8-11-24(41-3)12-9-20/h4-16,35H,17H2,1-3H3,(H,36,38)(H,37,40). The van der Waals surface area contributed by atoms with Gasteiger partial charge in [-0.05, 0) is 72.6 Å². The zero-order valence-corrected chi connectivity index (χ0v) is 22.5. The smallest absolute Gasteiger partial charge is 0.416 e. The van der Waals surface area contributed by atoms with E-state index in [0.29, 0.717) is 40.6 Å². The molecule has 4 aromatic rings. The quantitative estimate of drug-likeness (QED) is 0.193. The molecular formula is C31H27F3N4O3. The average molecular weight is 561 g/mol. The molecule has 0 unspecified atom stereocenters. The number of amides is 1. The van der Waals surface area contributed by atoms with E-state index in [9.17, 15) is 22.8 Å². The molecule has 0 fully saturated rings. The van der Waals surface area contributed by atoms with Crippen molar-refractivity contribution in [2.45, 2.75) is 26.6 Å². The first-order chi connectivity index (χ1) is 19.5. The molecule has 0 spiro atoms. The molecule has 1 heterocycles. The predicted octanol–water partition coefficient (Wildman–Crippen LogP) is 6.91. The summed E-state index contributed by atoms with van der Waals surface area (Å²) in [7, 11) is 1.58. The Morgan fingerprint density at radius 1 is 0.976 bits per heavy atom. The van der Waals surface area contributed by atoms with Gasteiger partial charge in [-0.25, -0.2) is 4.98 Å². The van der Waals surface area contributed by atoms with Crippen LogP contribution in [0.3, 0.4) is 0 Å². The zero-order chi connectivity index (χ0) is 29.7. The maximum Gasteiger partial charge on any atom is 0.416 e. The third-order valence-electron chi connectivity index (χ3n) is 6.36. The summed E-state index contributed by atoms with van der Waals surface area (Å²) in [6, 6.07) is 20.0. The number of anilines is 2. The SMILES string of the molecule is COc1ccc(CNc2nc(-c3cc(NC(=O)c4cccc(C(F)(F)F)c4)ccc3C)ccc2C(=N)C(C)=O)cc1. The summed E-state index contributed by atoms with van der Waals surface area (Å²) in [4.78, 5) is 29.5. The molecule has 41 heavy (non-hydrogen) atoms. The predicted molar refractivity (Wildman–Crippen MR) is 152 cm³/mol. The fraction of sp³-hybridized carbons (Fsp3) is 0.161. The van der Waals surface area contributed by atoms with Gasteiger partial charge in [0, 0.05) is 35.8 Å². The minimum absolute atomic E-state index is 0.128. The topological polar surface area (TPSA) is 104 Å². The Bertz CT molecular complexity index is 1620. The van der Waals surface area contributed by atoms with Crippen LogP contribution in [0.1, 0.15) is 39.5 Å². The van der Waals surface area contributed by atoms with Crippen LogP contribution in [-0.4, -0.2) is 29.5 Å². The van der Waals surface area contributed by atoms with Crippen molar-refractivity contribution < 1.29 is 27.5 Å². The van der Waals surface area contributed by atoms with Crippen molar-refractivity contribution in [1.29, 1.82) is 5.41 Å². The number of hydrogen-bond acceptors (Lipinski definition) is 6. The molecule has 0 aliphatic rings. The van der Waals surface area contributed by atoms with Gasteiger partial charge in [0.2, 0.25) is 0 Å². The van der Waals surface area contributed by atoms with Crippen LogP contribution in [0.2, 0.25) is 0 Å². The molecule has 3 N–H and O–H groups in total. The number of carbonyl (C=O) groups is 2. The highest BCUT2D eigenvalue weighted by molar-refractivity contribution is 6.45. The number of ketones is 1. The number of hydrogen-bond donors (Lipinski definition) is 3. The van der Waals surface area contributed by atoms with Gasteiger partial charge < -0.3 is 15.4 Å². The van der Waals surface area contributed by atoms with Crippen LogP contribution in [0, 0.1) is 12.3 Å². The Balaban J connectivity index is 1.63. The summed E-state index contributed by atoms with van der Waals surface area (Å²) < 4.78 is 44.5. The zero-order valence-electron chi connectivity index (χ0n) is 22.5. The molecule has 0 atom stereocenters. The molecule has 10 heteroatoms. The molecule has 0 saturated carbocycles. The molecule has 4 rings (SSSR count).